The third kappa shape index (κ3) is 4.89. The summed E-state index contributed by atoms with van der Waals surface area (Å²) in [6, 6.07) is 12.7. The molecule has 9 nitrogen and oxygen atoms in total. The highest BCUT2D eigenvalue weighted by Gasteiger charge is 2.09. The number of aromatic nitrogens is 4. The Labute approximate surface area is 167 Å². The van der Waals surface area contributed by atoms with E-state index in [2.05, 4.69) is 20.8 Å². The van der Waals surface area contributed by atoms with Crippen molar-refractivity contribution in [2.75, 3.05) is 21.3 Å². The Morgan fingerprint density at radius 2 is 1.79 bits per heavy atom. The average Bonchev–Trinajstić information content (AvgIpc) is 3.24. The van der Waals surface area contributed by atoms with Crippen LogP contribution in [-0.4, -0.2) is 47.4 Å². The van der Waals surface area contributed by atoms with E-state index in [9.17, 15) is 4.79 Å². The second kappa shape index (κ2) is 9.36. The quantitative estimate of drug-likeness (QED) is 0.582. The van der Waals surface area contributed by atoms with E-state index in [1.807, 2.05) is 30.3 Å². The van der Waals surface area contributed by atoms with Gasteiger partial charge in [0.05, 0.1) is 33.6 Å². The van der Waals surface area contributed by atoms with Gasteiger partial charge < -0.3 is 19.5 Å². The fourth-order valence-corrected chi connectivity index (χ4v) is 2.59. The average molecular weight is 395 g/mol. The Kier molecular flexibility index (Phi) is 6.41. The lowest BCUT2D eigenvalue weighted by Gasteiger charge is -2.07. The highest BCUT2D eigenvalue weighted by atomic mass is 16.5. The standard InChI is InChI=1S/C20H21N5O4/c1-27-16-8-6-15(7-9-16)25-19(22-23-24-25)13-21-20(26)11-5-14-4-10-17(28-2)18(12-14)29-3/h4-12H,13H2,1-3H3,(H,21,26)/b11-5-. The number of nitrogens with zero attached hydrogens (tertiary/aromatic N) is 4. The van der Waals surface area contributed by atoms with Crippen molar-refractivity contribution in [2.45, 2.75) is 6.54 Å². The number of rotatable bonds is 8. The molecule has 0 fully saturated rings. The lowest BCUT2D eigenvalue weighted by atomic mass is 10.2. The second-order valence-corrected chi connectivity index (χ2v) is 5.87. The van der Waals surface area contributed by atoms with Crippen molar-refractivity contribution >= 4 is 12.0 Å². The molecule has 29 heavy (non-hydrogen) atoms. The number of hydrogen-bond acceptors (Lipinski definition) is 7. The van der Waals surface area contributed by atoms with Crippen LogP contribution >= 0.6 is 0 Å². The summed E-state index contributed by atoms with van der Waals surface area (Å²) >= 11 is 0. The first-order valence-corrected chi connectivity index (χ1v) is 8.74. The van der Waals surface area contributed by atoms with E-state index in [-0.39, 0.29) is 12.5 Å². The van der Waals surface area contributed by atoms with E-state index in [1.54, 1.807) is 44.2 Å². The molecule has 0 saturated heterocycles. The maximum atomic E-state index is 12.2. The summed E-state index contributed by atoms with van der Waals surface area (Å²) < 4.78 is 17.2. The monoisotopic (exact) mass is 395 g/mol. The zero-order valence-electron chi connectivity index (χ0n) is 16.3. The zero-order chi connectivity index (χ0) is 20.6. The maximum Gasteiger partial charge on any atom is 0.244 e. The molecule has 150 valence electrons. The predicted molar refractivity (Wildman–Crippen MR) is 106 cm³/mol. The first kappa shape index (κ1) is 19.9. The van der Waals surface area contributed by atoms with Gasteiger partial charge >= 0.3 is 0 Å². The minimum Gasteiger partial charge on any atom is -0.497 e. The lowest BCUT2D eigenvalue weighted by Crippen LogP contribution is -2.22. The van der Waals surface area contributed by atoms with Crippen LogP contribution in [0.2, 0.25) is 0 Å². The molecule has 9 heteroatoms. The molecule has 0 unspecified atom stereocenters. The minimum absolute atomic E-state index is 0.175. The molecule has 1 amide bonds. The van der Waals surface area contributed by atoms with Crippen LogP contribution in [0.3, 0.4) is 0 Å². The van der Waals surface area contributed by atoms with E-state index in [0.717, 1.165) is 17.0 Å². The number of carbonyl (C=O) groups excluding carboxylic acids is 1. The van der Waals surface area contributed by atoms with Crippen molar-refractivity contribution in [3.63, 3.8) is 0 Å². The number of methoxy groups -OCH3 is 3. The lowest BCUT2D eigenvalue weighted by molar-refractivity contribution is -0.116. The maximum absolute atomic E-state index is 12.2. The summed E-state index contributed by atoms with van der Waals surface area (Å²) in [5.74, 6) is 2.18. The number of nitrogens with one attached hydrogen (secondary N) is 1. The van der Waals surface area contributed by atoms with Crippen LogP contribution in [0.5, 0.6) is 17.2 Å². The van der Waals surface area contributed by atoms with Gasteiger partial charge in [-0.15, -0.1) is 5.10 Å². The SMILES string of the molecule is COc1ccc(-n2nnnc2CNC(=O)/C=C\c2ccc(OC)c(OC)c2)cc1. The third-order valence-electron chi connectivity index (χ3n) is 4.11. The molecule has 3 aromatic rings. The van der Waals surface area contributed by atoms with Gasteiger partial charge in [0, 0.05) is 6.08 Å². The third-order valence-corrected chi connectivity index (χ3v) is 4.11. The van der Waals surface area contributed by atoms with Crippen LogP contribution in [0.1, 0.15) is 11.4 Å². The fraction of sp³-hybridized carbons (Fsp3) is 0.200. The van der Waals surface area contributed by atoms with E-state index >= 15 is 0 Å². The summed E-state index contributed by atoms with van der Waals surface area (Å²) in [6.07, 6.45) is 3.12. The van der Waals surface area contributed by atoms with Gasteiger partial charge in [0.2, 0.25) is 5.91 Å². The predicted octanol–water partition coefficient (Wildman–Crippen LogP) is 2.02. The number of hydrogen-bond donors (Lipinski definition) is 1. The summed E-state index contributed by atoms with van der Waals surface area (Å²) in [5.41, 5.74) is 1.57. The van der Waals surface area contributed by atoms with Crippen LogP contribution in [0, 0.1) is 0 Å². The van der Waals surface area contributed by atoms with Gasteiger partial charge in [0.25, 0.3) is 0 Å². The molecular weight excluding hydrogens is 374 g/mol. The van der Waals surface area contributed by atoms with Crippen LogP contribution in [0.4, 0.5) is 0 Å². The number of benzene rings is 2. The minimum atomic E-state index is -0.274. The van der Waals surface area contributed by atoms with Crippen molar-refractivity contribution in [3.8, 4) is 22.9 Å². The first-order chi connectivity index (χ1) is 14.1. The van der Waals surface area contributed by atoms with Gasteiger partial charge in [-0.3, -0.25) is 4.79 Å². The van der Waals surface area contributed by atoms with Gasteiger partial charge in [0.1, 0.15) is 5.75 Å². The van der Waals surface area contributed by atoms with Crippen molar-refractivity contribution in [1.29, 1.82) is 0 Å². The molecule has 0 aliphatic rings. The highest BCUT2D eigenvalue weighted by molar-refractivity contribution is 5.91. The van der Waals surface area contributed by atoms with Crippen LogP contribution < -0.4 is 19.5 Å². The van der Waals surface area contributed by atoms with Gasteiger partial charge in [-0.2, -0.15) is 4.68 Å². The van der Waals surface area contributed by atoms with Crippen LogP contribution in [-0.2, 0) is 11.3 Å². The summed E-state index contributed by atoms with van der Waals surface area (Å²) in [7, 11) is 4.73. The molecule has 0 bridgehead atoms. The summed E-state index contributed by atoms with van der Waals surface area (Å²) in [5, 5.41) is 14.4. The zero-order valence-corrected chi connectivity index (χ0v) is 16.3. The molecule has 2 aromatic carbocycles. The van der Waals surface area contributed by atoms with E-state index in [0.29, 0.717) is 17.3 Å². The Morgan fingerprint density at radius 3 is 2.48 bits per heavy atom. The Hall–Kier alpha value is -3.88. The largest absolute Gasteiger partial charge is 0.497 e. The molecule has 0 saturated carbocycles. The van der Waals surface area contributed by atoms with E-state index < -0.39 is 0 Å². The van der Waals surface area contributed by atoms with E-state index in [4.69, 9.17) is 14.2 Å². The van der Waals surface area contributed by atoms with Gasteiger partial charge in [0.15, 0.2) is 17.3 Å². The van der Waals surface area contributed by atoms with E-state index in [1.165, 1.54) is 6.08 Å². The second-order valence-electron chi connectivity index (χ2n) is 5.87. The Morgan fingerprint density at radius 1 is 1.03 bits per heavy atom. The molecule has 3 rings (SSSR count). The normalized spacial score (nSPS) is 10.7. The molecular formula is C20H21N5O4. The number of amides is 1. The molecule has 0 aliphatic carbocycles. The smallest absolute Gasteiger partial charge is 0.244 e. The van der Waals surface area contributed by atoms with Crippen LogP contribution in [0.25, 0.3) is 11.8 Å². The van der Waals surface area contributed by atoms with Crippen molar-refractivity contribution < 1.29 is 19.0 Å². The van der Waals surface area contributed by atoms with Crippen molar-refractivity contribution in [1.82, 2.24) is 25.5 Å². The summed E-state index contributed by atoms with van der Waals surface area (Å²) in [4.78, 5) is 12.2. The molecule has 1 heterocycles. The summed E-state index contributed by atoms with van der Waals surface area (Å²) in [6.45, 7) is 0.175. The van der Waals surface area contributed by atoms with Crippen LogP contribution in [0.15, 0.2) is 48.5 Å². The number of ether oxygens (including phenoxy) is 3. The Bertz CT molecular complexity index is 998. The molecule has 0 aliphatic heterocycles. The first-order valence-electron chi connectivity index (χ1n) is 8.74. The van der Waals surface area contributed by atoms with Crippen molar-refractivity contribution in [3.05, 3.63) is 59.9 Å². The topological polar surface area (TPSA) is 100 Å². The van der Waals surface area contributed by atoms with Gasteiger partial charge in [-0.05, 0) is 58.5 Å². The molecule has 1 aromatic heterocycles. The van der Waals surface area contributed by atoms with Gasteiger partial charge in [-0.1, -0.05) is 6.07 Å². The molecule has 0 radical (unpaired) electrons. The molecule has 0 spiro atoms. The number of carbonyl (C=O) groups is 1. The fourth-order valence-electron chi connectivity index (χ4n) is 2.59. The number of tetrazole rings is 1. The highest BCUT2D eigenvalue weighted by Crippen LogP contribution is 2.27. The van der Waals surface area contributed by atoms with Gasteiger partial charge in [-0.25, -0.2) is 0 Å². The molecule has 1 N–H and O–H groups in total. The van der Waals surface area contributed by atoms with Crippen molar-refractivity contribution in [2.24, 2.45) is 0 Å². The Balaban J connectivity index is 1.63. The molecule has 0 atom stereocenters.